The molecule has 276 valence electrons. The molecule has 0 aromatic carbocycles. The van der Waals surface area contributed by atoms with Gasteiger partial charge in [0.2, 0.25) is 0 Å². The fourth-order valence-electron chi connectivity index (χ4n) is 4.29. The molecule has 0 radical (unpaired) electrons. The largest absolute Gasteiger partial charge is 0.411 e. The molecule has 7 nitrogen and oxygen atoms in total. The molecular formula is C36H74O7Si4. The Kier molecular flexibility index (Phi) is 14.4. The Bertz CT molecular complexity index is 1100. The number of ketones is 2. The molecule has 5 atom stereocenters. The Morgan fingerprint density at radius 2 is 0.936 bits per heavy atom. The van der Waals surface area contributed by atoms with E-state index in [1.165, 1.54) is 0 Å². The van der Waals surface area contributed by atoms with Gasteiger partial charge in [0.15, 0.2) is 44.8 Å². The summed E-state index contributed by atoms with van der Waals surface area (Å²) in [5, 5.41) is 10.8. The van der Waals surface area contributed by atoms with Gasteiger partial charge in [-0.05, 0) is 78.6 Å². The van der Waals surface area contributed by atoms with Gasteiger partial charge in [-0.1, -0.05) is 89.2 Å². The highest BCUT2D eigenvalue weighted by molar-refractivity contribution is 6.75. The number of aliphatic hydroxyl groups is 1. The summed E-state index contributed by atoms with van der Waals surface area (Å²) in [4.78, 5) is 24.7. The fraction of sp³-hybridized carbons (Fsp3) is 0.889. The van der Waals surface area contributed by atoms with Crippen LogP contribution in [-0.4, -0.2) is 80.5 Å². The van der Waals surface area contributed by atoms with Crippen LogP contribution in [0, 0.1) is 0 Å². The third-order valence-corrected chi connectivity index (χ3v) is 29.9. The van der Waals surface area contributed by atoms with Gasteiger partial charge in [-0.3, -0.25) is 9.59 Å². The highest BCUT2D eigenvalue weighted by Crippen LogP contribution is 2.43. The first-order valence-corrected chi connectivity index (χ1v) is 29.3. The third kappa shape index (κ3) is 12.2. The normalized spacial score (nSPS) is 25.9. The number of hydrogen-bond acceptors (Lipinski definition) is 7. The minimum Gasteiger partial charge on any atom is -0.411 e. The second-order valence-electron chi connectivity index (χ2n) is 20.0. The molecule has 1 saturated carbocycles. The highest BCUT2D eigenvalue weighted by atomic mass is 28.4. The second-order valence-corrected chi connectivity index (χ2v) is 39.1. The molecule has 47 heavy (non-hydrogen) atoms. The van der Waals surface area contributed by atoms with Crippen LogP contribution in [0.15, 0.2) is 12.2 Å². The van der Waals surface area contributed by atoms with E-state index >= 15 is 0 Å². The van der Waals surface area contributed by atoms with Gasteiger partial charge in [0, 0.05) is 19.3 Å². The molecule has 0 unspecified atom stereocenters. The Labute approximate surface area is 293 Å². The first kappa shape index (κ1) is 44.8. The van der Waals surface area contributed by atoms with Crippen molar-refractivity contribution in [1.82, 2.24) is 0 Å². The van der Waals surface area contributed by atoms with Crippen LogP contribution in [-0.2, 0) is 27.3 Å². The van der Waals surface area contributed by atoms with Crippen molar-refractivity contribution in [3.8, 4) is 0 Å². The second kappa shape index (κ2) is 15.2. The van der Waals surface area contributed by atoms with Crippen molar-refractivity contribution in [2.24, 2.45) is 0 Å². The molecule has 2 aliphatic rings. The maximum atomic E-state index is 12.4. The smallest absolute Gasteiger partial charge is 0.193 e. The summed E-state index contributed by atoms with van der Waals surface area (Å²) in [7, 11) is -7.83. The Morgan fingerprint density at radius 1 is 0.574 bits per heavy atom. The molecule has 2 rings (SSSR count). The molecule has 0 aromatic rings. The Balaban J connectivity index is 0.000000470. The monoisotopic (exact) mass is 730 g/mol. The van der Waals surface area contributed by atoms with Gasteiger partial charge < -0.3 is 22.8 Å². The standard InChI is InChI=1S/C18H38O4Si2.C18H36O3Si2/c1-17(2,3)23(7,8)21-15-12-16(14(20)11-13(15)19)22-24(9,10)18(4,5)6;1-17(2,3)22(7,8)20-14-11-12-15(19)16(13-14)21-23(9,10)18(4,5)6/h13,15-16,19H,11-12H2,1-10H3;11-12,14,16H,13H2,1-10H3/t13-,15-,16-;14-,16+/m01/s1. The van der Waals surface area contributed by atoms with Crippen molar-refractivity contribution in [2.75, 3.05) is 0 Å². The van der Waals surface area contributed by atoms with E-state index < -0.39 is 45.5 Å². The van der Waals surface area contributed by atoms with Gasteiger partial charge in [0.1, 0.15) is 12.2 Å². The van der Waals surface area contributed by atoms with E-state index in [9.17, 15) is 14.7 Å². The lowest BCUT2D eigenvalue weighted by Gasteiger charge is -2.45. The van der Waals surface area contributed by atoms with Crippen LogP contribution in [0.2, 0.25) is 72.5 Å². The van der Waals surface area contributed by atoms with Crippen molar-refractivity contribution < 1.29 is 32.4 Å². The van der Waals surface area contributed by atoms with E-state index in [2.05, 4.69) is 135 Å². The minimum absolute atomic E-state index is 0.0108. The van der Waals surface area contributed by atoms with Gasteiger partial charge in [-0.2, -0.15) is 0 Å². The number of aliphatic hydroxyl groups excluding tert-OH is 1. The quantitative estimate of drug-likeness (QED) is 0.249. The summed E-state index contributed by atoms with van der Waals surface area (Å²) < 4.78 is 25.6. The molecule has 0 aromatic heterocycles. The summed E-state index contributed by atoms with van der Waals surface area (Å²) in [6, 6.07) is 0. The molecule has 1 N–H and O–H groups in total. The van der Waals surface area contributed by atoms with E-state index in [1.54, 1.807) is 6.08 Å². The van der Waals surface area contributed by atoms with Gasteiger partial charge >= 0.3 is 0 Å². The topological polar surface area (TPSA) is 91.3 Å². The molecule has 0 heterocycles. The fourth-order valence-corrected chi connectivity index (χ4v) is 9.51. The lowest BCUT2D eigenvalue weighted by Crippen LogP contribution is -2.54. The third-order valence-electron chi connectivity index (χ3n) is 11.9. The van der Waals surface area contributed by atoms with Crippen LogP contribution in [0.1, 0.15) is 102 Å². The number of Topliss-reactive ketones (excluding diaryl/α,β-unsaturated/α-hetero) is 1. The van der Waals surface area contributed by atoms with Crippen molar-refractivity contribution in [3.05, 3.63) is 12.2 Å². The van der Waals surface area contributed by atoms with Crippen LogP contribution >= 0.6 is 0 Å². The van der Waals surface area contributed by atoms with E-state index in [0.717, 1.165) is 0 Å². The zero-order valence-electron chi connectivity index (χ0n) is 34.1. The average molecular weight is 731 g/mol. The maximum Gasteiger partial charge on any atom is 0.193 e. The molecule has 11 heteroatoms. The molecule has 0 saturated heterocycles. The maximum absolute atomic E-state index is 12.4. The molecule has 0 aliphatic heterocycles. The molecular weight excluding hydrogens is 657 g/mol. The van der Waals surface area contributed by atoms with Gasteiger partial charge in [0.25, 0.3) is 0 Å². The number of carbonyl (C=O) groups is 2. The lowest BCUT2D eigenvalue weighted by atomic mass is 9.91. The van der Waals surface area contributed by atoms with Crippen LogP contribution < -0.4 is 0 Å². The zero-order valence-corrected chi connectivity index (χ0v) is 38.1. The summed E-state index contributed by atoms with van der Waals surface area (Å²) in [6.45, 7) is 44.0. The molecule has 2 aliphatic carbocycles. The first-order valence-electron chi connectivity index (χ1n) is 17.7. The van der Waals surface area contributed by atoms with Crippen molar-refractivity contribution >= 4 is 44.8 Å². The summed E-state index contributed by atoms with van der Waals surface area (Å²) >= 11 is 0. The van der Waals surface area contributed by atoms with Gasteiger partial charge in [0.05, 0.1) is 18.3 Å². The molecule has 0 amide bonds. The van der Waals surface area contributed by atoms with Crippen LogP contribution in [0.4, 0.5) is 0 Å². The predicted octanol–water partition coefficient (Wildman–Crippen LogP) is 9.79. The summed E-state index contributed by atoms with van der Waals surface area (Å²) in [6.07, 6.45) is 3.02. The molecule has 0 spiro atoms. The van der Waals surface area contributed by atoms with E-state index in [1.807, 2.05) is 6.08 Å². The SMILES string of the molecule is CC(C)(C)[Si](C)(C)O[C@@H]1C=CC(=O)[C@@H](O[Si](C)(C)C(C)(C)C)C1.CC(C)(C)[Si](C)(C)O[C@H]1C[C@H](O[Si](C)(C)C(C)(C)C)[C@@H](O)CC1=O. The Hall–Kier alpha value is -0.252. The van der Waals surface area contributed by atoms with E-state index in [0.29, 0.717) is 12.8 Å². The lowest BCUT2D eigenvalue weighted by molar-refractivity contribution is -0.138. The van der Waals surface area contributed by atoms with E-state index in [4.69, 9.17) is 17.7 Å². The molecule has 1 fully saturated rings. The van der Waals surface area contributed by atoms with Gasteiger partial charge in [-0.25, -0.2) is 0 Å². The van der Waals surface area contributed by atoms with Crippen LogP contribution in [0.3, 0.4) is 0 Å². The van der Waals surface area contributed by atoms with E-state index in [-0.39, 0.29) is 56.5 Å². The minimum atomic E-state index is -2.03. The van der Waals surface area contributed by atoms with Crippen molar-refractivity contribution in [1.29, 1.82) is 0 Å². The number of rotatable bonds is 8. The first-order chi connectivity index (χ1) is 20.5. The number of hydrogen-bond donors (Lipinski definition) is 1. The summed E-state index contributed by atoms with van der Waals surface area (Å²) in [5.41, 5.74) is 0. The highest BCUT2D eigenvalue weighted by Gasteiger charge is 2.48. The van der Waals surface area contributed by atoms with Gasteiger partial charge in [-0.15, -0.1) is 0 Å². The zero-order chi connectivity index (χ0) is 37.4. The van der Waals surface area contributed by atoms with Crippen molar-refractivity contribution in [3.63, 3.8) is 0 Å². The van der Waals surface area contributed by atoms with Crippen molar-refractivity contribution in [2.45, 2.75) is 205 Å². The Morgan fingerprint density at radius 3 is 1.34 bits per heavy atom. The summed E-state index contributed by atoms with van der Waals surface area (Å²) in [5.74, 6) is 0.104. The molecule has 0 bridgehead atoms. The van der Waals surface area contributed by atoms with Crippen LogP contribution in [0.5, 0.6) is 0 Å². The van der Waals surface area contributed by atoms with Crippen LogP contribution in [0.25, 0.3) is 0 Å². The predicted molar refractivity (Wildman–Crippen MR) is 207 cm³/mol. The number of carbonyl (C=O) groups excluding carboxylic acids is 2. The average Bonchev–Trinajstić information content (AvgIpc) is 2.81.